The normalized spacial score (nSPS) is 12.6. The number of carboxylic acids is 1. The van der Waals surface area contributed by atoms with Crippen molar-refractivity contribution in [3.05, 3.63) is 60.2 Å². The minimum atomic E-state index is -0.981. The van der Waals surface area contributed by atoms with Gasteiger partial charge in [-0.05, 0) is 24.8 Å². The zero-order chi connectivity index (χ0) is 11.8. The lowest BCUT2D eigenvalue weighted by Crippen LogP contribution is -1.97. The Hall–Kier alpha value is -1.83. The summed E-state index contributed by atoms with van der Waals surface area (Å²) in [6, 6.07) is 10.7. The molecule has 0 amide bonds. The molecule has 16 heavy (non-hydrogen) atoms. The smallest absolute Gasteiger partial charge is 0.327 e. The van der Waals surface area contributed by atoms with E-state index in [4.69, 9.17) is 5.11 Å². The van der Waals surface area contributed by atoms with Gasteiger partial charge in [0.05, 0.1) is 0 Å². The first-order chi connectivity index (χ1) is 7.72. The number of benzene rings is 1. The Morgan fingerprint density at radius 1 is 1.38 bits per heavy atom. The van der Waals surface area contributed by atoms with Crippen molar-refractivity contribution in [3.8, 4) is 0 Å². The van der Waals surface area contributed by atoms with E-state index in [0.717, 1.165) is 6.08 Å². The molecule has 0 unspecified atom stereocenters. The molecular formula is C14H16O2. The molecule has 0 heterocycles. The summed E-state index contributed by atoms with van der Waals surface area (Å²) in [6.45, 7) is 2.96. The molecule has 84 valence electrons. The van der Waals surface area contributed by atoms with Gasteiger partial charge >= 0.3 is 5.97 Å². The van der Waals surface area contributed by atoms with E-state index < -0.39 is 5.97 Å². The molecule has 0 aromatic heterocycles. The molecule has 1 aromatic carbocycles. The molecule has 0 bridgehead atoms. The van der Waals surface area contributed by atoms with E-state index in [1.807, 2.05) is 0 Å². The highest BCUT2D eigenvalue weighted by atomic mass is 16.4. The van der Waals surface area contributed by atoms with Crippen LogP contribution in [-0.2, 0) is 11.2 Å². The second-order valence-corrected chi connectivity index (χ2v) is 3.61. The van der Waals surface area contributed by atoms with Crippen molar-refractivity contribution in [2.75, 3.05) is 0 Å². The van der Waals surface area contributed by atoms with Crippen LogP contribution in [-0.4, -0.2) is 11.1 Å². The van der Waals surface area contributed by atoms with E-state index in [2.05, 4.69) is 43.0 Å². The van der Waals surface area contributed by atoms with E-state index >= 15 is 0 Å². The van der Waals surface area contributed by atoms with Crippen molar-refractivity contribution in [3.63, 3.8) is 0 Å². The molecular weight excluding hydrogens is 200 g/mol. The zero-order valence-electron chi connectivity index (χ0n) is 9.23. The van der Waals surface area contributed by atoms with Crippen molar-refractivity contribution >= 4 is 5.97 Å². The summed E-state index contributed by atoms with van der Waals surface area (Å²) in [6.07, 6.45) is 6.95. The maximum atomic E-state index is 9.25. The first-order valence-electron chi connectivity index (χ1n) is 5.29. The lowest BCUT2D eigenvalue weighted by Gasteiger charge is -2.13. The number of carbonyl (C=O) groups is 1. The third-order valence-corrected chi connectivity index (χ3v) is 2.35. The van der Waals surface area contributed by atoms with E-state index in [9.17, 15) is 4.79 Å². The van der Waals surface area contributed by atoms with Crippen LogP contribution in [0.5, 0.6) is 0 Å². The maximum Gasteiger partial charge on any atom is 0.327 e. The fourth-order valence-electron chi connectivity index (χ4n) is 1.37. The maximum absolute atomic E-state index is 9.25. The Kier molecular flexibility index (Phi) is 5.06. The summed E-state index contributed by atoms with van der Waals surface area (Å²) in [4.78, 5) is 9.25. The Morgan fingerprint density at radius 2 is 1.94 bits per heavy atom. The summed E-state index contributed by atoms with van der Waals surface area (Å²) in [7, 11) is 0. The molecule has 2 heteroatoms. The Bertz CT molecular complexity index is 377. The molecule has 0 atom stereocenters. The molecule has 0 saturated heterocycles. The molecule has 1 aliphatic rings. The Balaban J connectivity index is 0.000000221. The van der Waals surface area contributed by atoms with E-state index in [0.29, 0.717) is 0 Å². The second-order valence-electron chi connectivity index (χ2n) is 3.61. The summed E-state index contributed by atoms with van der Waals surface area (Å²) in [5, 5.41) is 7.60. The predicted molar refractivity (Wildman–Crippen MR) is 65.3 cm³/mol. The van der Waals surface area contributed by atoms with Crippen LogP contribution >= 0.6 is 0 Å². The third kappa shape index (κ3) is 4.60. The molecule has 0 fully saturated rings. The summed E-state index contributed by atoms with van der Waals surface area (Å²) in [5.41, 5.74) is 3.05. The Morgan fingerprint density at radius 3 is 2.31 bits per heavy atom. The topological polar surface area (TPSA) is 37.3 Å². The van der Waals surface area contributed by atoms with Crippen LogP contribution in [0.4, 0.5) is 0 Å². The fraction of sp³-hybridized carbons (Fsp3) is 0.214. The van der Waals surface area contributed by atoms with Gasteiger partial charge in [-0.1, -0.05) is 48.6 Å². The van der Waals surface area contributed by atoms with Crippen LogP contribution in [0, 0.1) is 0 Å². The number of aliphatic carboxylic acids is 1. The van der Waals surface area contributed by atoms with Crippen LogP contribution in [0.25, 0.3) is 0 Å². The second kappa shape index (κ2) is 6.62. The van der Waals surface area contributed by atoms with E-state index in [1.54, 1.807) is 5.57 Å². The van der Waals surface area contributed by atoms with Gasteiger partial charge in [0.25, 0.3) is 0 Å². The highest BCUT2D eigenvalue weighted by Crippen LogP contribution is 2.21. The van der Waals surface area contributed by atoms with Gasteiger partial charge in [0.15, 0.2) is 0 Å². The largest absolute Gasteiger partial charge is 0.478 e. The minimum Gasteiger partial charge on any atom is -0.478 e. The van der Waals surface area contributed by atoms with Crippen LogP contribution in [0.15, 0.2) is 54.6 Å². The van der Waals surface area contributed by atoms with Crippen molar-refractivity contribution in [1.29, 1.82) is 0 Å². The van der Waals surface area contributed by atoms with Crippen molar-refractivity contribution in [2.24, 2.45) is 0 Å². The van der Waals surface area contributed by atoms with Crippen molar-refractivity contribution in [1.82, 2.24) is 0 Å². The van der Waals surface area contributed by atoms with Crippen LogP contribution in [0.2, 0.25) is 0 Å². The van der Waals surface area contributed by atoms with Crippen LogP contribution in [0.1, 0.15) is 18.4 Å². The van der Waals surface area contributed by atoms with Gasteiger partial charge in [-0.15, -0.1) is 0 Å². The van der Waals surface area contributed by atoms with E-state index in [-0.39, 0.29) is 0 Å². The highest BCUT2D eigenvalue weighted by Gasteiger charge is 2.04. The van der Waals surface area contributed by atoms with Gasteiger partial charge in [-0.25, -0.2) is 4.79 Å². The van der Waals surface area contributed by atoms with Gasteiger partial charge < -0.3 is 5.11 Å². The van der Waals surface area contributed by atoms with Gasteiger partial charge in [0.1, 0.15) is 0 Å². The molecule has 2 rings (SSSR count). The highest BCUT2D eigenvalue weighted by molar-refractivity contribution is 5.78. The SMILES string of the molecule is C1=C(Cc2ccccc2)CC1.C=CC(=O)O. The van der Waals surface area contributed by atoms with Gasteiger partial charge in [-0.2, -0.15) is 0 Å². The van der Waals surface area contributed by atoms with Crippen molar-refractivity contribution in [2.45, 2.75) is 19.3 Å². The first kappa shape index (κ1) is 12.2. The monoisotopic (exact) mass is 216 g/mol. The number of hydrogen-bond donors (Lipinski definition) is 1. The number of hydrogen-bond acceptors (Lipinski definition) is 1. The fourth-order valence-corrected chi connectivity index (χ4v) is 1.37. The average Bonchev–Trinajstić information content (AvgIpc) is 2.26. The molecule has 1 N–H and O–H groups in total. The van der Waals surface area contributed by atoms with Gasteiger partial charge in [-0.3, -0.25) is 0 Å². The lowest BCUT2D eigenvalue weighted by atomic mass is 9.93. The number of rotatable bonds is 3. The lowest BCUT2D eigenvalue weighted by molar-refractivity contribution is -0.131. The summed E-state index contributed by atoms with van der Waals surface area (Å²) in [5.74, 6) is -0.981. The molecule has 0 aliphatic heterocycles. The molecule has 0 radical (unpaired) electrons. The number of carboxylic acid groups (broad SMARTS) is 1. The minimum absolute atomic E-state index is 0.833. The van der Waals surface area contributed by atoms with Crippen LogP contribution < -0.4 is 0 Å². The predicted octanol–water partition coefficient (Wildman–Crippen LogP) is 3.21. The van der Waals surface area contributed by atoms with Crippen molar-refractivity contribution < 1.29 is 9.90 Å². The number of allylic oxidation sites excluding steroid dienone is 2. The zero-order valence-corrected chi connectivity index (χ0v) is 9.23. The molecule has 0 saturated carbocycles. The van der Waals surface area contributed by atoms with Gasteiger partial charge in [0, 0.05) is 6.08 Å². The first-order valence-corrected chi connectivity index (χ1v) is 5.29. The molecule has 2 nitrogen and oxygen atoms in total. The quantitative estimate of drug-likeness (QED) is 0.622. The Labute approximate surface area is 95.9 Å². The average molecular weight is 216 g/mol. The van der Waals surface area contributed by atoms with Gasteiger partial charge in [0.2, 0.25) is 0 Å². The van der Waals surface area contributed by atoms with Crippen LogP contribution in [0.3, 0.4) is 0 Å². The summed E-state index contributed by atoms with van der Waals surface area (Å²) >= 11 is 0. The third-order valence-electron chi connectivity index (χ3n) is 2.35. The molecule has 1 aliphatic carbocycles. The summed E-state index contributed by atoms with van der Waals surface area (Å²) < 4.78 is 0. The molecule has 1 aromatic rings. The van der Waals surface area contributed by atoms with E-state index in [1.165, 1.54) is 24.8 Å². The molecule has 0 spiro atoms. The standard InChI is InChI=1S/C11H12.C3H4O2/c1-2-5-10(6-3-1)9-11-7-4-8-11;1-2-3(4)5/h1-3,5-7H,4,8-9H2;2H,1H2,(H,4,5).